The fourth-order valence-corrected chi connectivity index (χ4v) is 5.92. The largest absolute Gasteiger partial charge is 1.00 e. The van der Waals surface area contributed by atoms with Crippen LogP contribution in [0.2, 0.25) is 0 Å². The topological polar surface area (TPSA) is 134 Å². The summed E-state index contributed by atoms with van der Waals surface area (Å²) in [4.78, 5) is 24.8. The molecule has 0 fully saturated rings. The van der Waals surface area contributed by atoms with Crippen LogP contribution in [0.4, 0.5) is 0 Å². The number of hydrogen-bond donors (Lipinski definition) is 1. The molecular weight excluding hydrogens is 591 g/mol. The molecule has 0 saturated heterocycles. The van der Waals surface area contributed by atoms with Gasteiger partial charge < -0.3 is 23.6 Å². The summed E-state index contributed by atoms with van der Waals surface area (Å²) in [5.74, 6) is -1.56. The Morgan fingerprint density at radius 1 is 0.886 bits per heavy atom. The van der Waals surface area contributed by atoms with E-state index in [1.807, 2.05) is 37.3 Å². The molecule has 0 atom stereocenters. The summed E-state index contributed by atoms with van der Waals surface area (Å²) in [6, 6.07) is 24.4. The van der Waals surface area contributed by atoms with Crippen LogP contribution in [0.5, 0.6) is 11.5 Å². The Hall–Kier alpha value is -4.15. The maximum absolute atomic E-state index is 14.1. The quantitative estimate of drug-likeness (QED) is 0.151. The van der Waals surface area contributed by atoms with Gasteiger partial charge in [-0.25, -0.2) is 0 Å². The zero-order chi connectivity index (χ0) is 30.9. The van der Waals surface area contributed by atoms with Gasteiger partial charge in [-0.2, -0.15) is 8.42 Å². The first-order valence-electron chi connectivity index (χ1n) is 13.3. The van der Waals surface area contributed by atoms with Crippen LogP contribution in [0, 0.1) is 20.8 Å². The number of phenols is 1. The Labute approximate surface area is 277 Å². The third-order valence-corrected chi connectivity index (χ3v) is 8.40. The number of aryl methyl sites for hydroxylation is 2. The maximum atomic E-state index is 14.1. The van der Waals surface area contributed by atoms with Crippen molar-refractivity contribution in [1.82, 2.24) is 0 Å². The molecule has 5 aromatic rings. The van der Waals surface area contributed by atoms with E-state index >= 15 is 0 Å². The van der Waals surface area contributed by atoms with Crippen molar-refractivity contribution in [3.05, 3.63) is 136 Å². The van der Waals surface area contributed by atoms with E-state index < -0.39 is 32.3 Å². The van der Waals surface area contributed by atoms with Gasteiger partial charge >= 0.3 is 39.7 Å². The molecule has 0 aliphatic rings. The summed E-state index contributed by atoms with van der Waals surface area (Å²) < 4.78 is 38.2. The molecule has 0 saturated carbocycles. The Morgan fingerprint density at radius 2 is 1.52 bits per heavy atom. The molecule has 0 amide bonds. The molecule has 0 unspecified atom stereocenters. The van der Waals surface area contributed by atoms with Gasteiger partial charge in [0.2, 0.25) is 0 Å². The van der Waals surface area contributed by atoms with Crippen molar-refractivity contribution in [2.75, 3.05) is 0 Å². The summed E-state index contributed by atoms with van der Waals surface area (Å²) in [5.41, 5.74) is 3.23. The van der Waals surface area contributed by atoms with Crippen molar-refractivity contribution in [1.29, 1.82) is 0 Å². The summed E-state index contributed by atoms with van der Waals surface area (Å²) >= 11 is 0. The number of aromatic carboxylic acids is 1. The van der Waals surface area contributed by atoms with E-state index in [0.29, 0.717) is 45.8 Å². The van der Waals surface area contributed by atoms with E-state index in [1.165, 1.54) is 0 Å². The average Bonchev–Trinajstić information content (AvgIpc) is 3.26. The van der Waals surface area contributed by atoms with Crippen molar-refractivity contribution in [3.8, 4) is 22.6 Å². The van der Waals surface area contributed by atoms with Gasteiger partial charge in [0.25, 0.3) is 0 Å². The summed E-state index contributed by atoms with van der Waals surface area (Å²) in [5, 5.41) is 21.2. The van der Waals surface area contributed by atoms with E-state index in [-0.39, 0.29) is 41.1 Å². The third-order valence-electron chi connectivity index (χ3n) is 7.19. The van der Waals surface area contributed by atoms with E-state index in [2.05, 4.69) is 0 Å². The number of aromatic hydroxyl groups is 1. The third kappa shape index (κ3) is 6.66. The number of hydrogen-bond acceptors (Lipinski definition) is 8. The van der Waals surface area contributed by atoms with E-state index in [1.54, 1.807) is 56.3 Å². The SMILES string of the molecule is Cc1cc(C(=O)c2c(Cc3ccccc3)oc(C)c2C)cc(-c2ccccc2)c1OS(=O)(=O)c1ccc(C(=O)[O-])c(O)c1.[Na+]. The zero-order valence-electron chi connectivity index (χ0n) is 24.6. The fourth-order valence-electron chi connectivity index (χ4n) is 4.89. The first kappa shape index (κ1) is 32.8. The predicted molar refractivity (Wildman–Crippen MR) is 158 cm³/mol. The van der Waals surface area contributed by atoms with Crippen LogP contribution in [-0.2, 0) is 16.5 Å². The van der Waals surface area contributed by atoms with Crippen molar-refractivity contribution in [3.63, 3.8) is 0 Å². The number of ketones is 1. The maximum Gasteiger partial charge on any atom is 1.00 e. The Kier molecular flexibility index (Phi) is 9.85. The van der Waals surface area contributed by atoms with Crippen LogP contribution in [0.1, 0.15) is 54.5 Å². The molecule has 44 heavy (non-hydrogen) atoms. The predicted octanol–water partition coefficient (Wildman–Crippen LogP) is 2.53. The minimum Gasteiger partial charge on any atom is -0.545 e. The van der Waals surface area contributed by atoms with Crippen molar-refractivity contribution >= 4 is 21.9 Å². The molecule has 218 valence electrons. The van der Waals surface area contributed by atoms with Crippen LogP contribution in [-0.4, -0.2) is 25.3 Å². The molecule has 1 N–H and O–H groups in total. The first-order chi connectivity index (χ1) is 20.5. The van der Waals surface area contributed by atoms with Crippen LogP contribution in [0.25, 0.3) is 11.1 Å². The Morgan fingerprint density at radius 3 is 2.14 bits per heavy atom. The minimum absolute atomic E-state index is 0. The normalized spacial score (nSPS) is 11.1. The van der Waals surface area contributed by atoms with Gasteiger partial charge in [-0.1, -0.05) is 60.7 Å². The van der Waals surface area contributed by atoms with Crippen LogP contribution in [0.3, 0.4) is 0 Å². The van der Waals surface area contributed by atoms with Gasteiger partial charge in [0.15, 0.2) is 11.5 Å². The van der Waals surface area contributed by atoms with Crippen LogP contribution in [0.15, 0.2) is 100 Å². The van der Waals surface area contributed by atoms with Gasteiger partial charge in [0.1, 0.15) is 22.2 Å². The van der Waals surface area contributed by atoms with Crippen LogP contribution >= 0.6 is 0 Å². The van der Waals surface area contributed by atoms with Crippen molar-refractivity contribution < 1.29 is 66.4 Å². The second kappa shape index (κ2) is 13.2. The second-order valence-electron chi connectivity index (χ2n) is 10.1. The first-order valence-corrected chi connectivity index (χ1v) is 14.7. The zero-order valence-corrected chi connectivity index (χ0v) is 27.4. The van der Waals surface area contributed by atoms with Crippen molar-refractivity contribution in [2.45, 2.75) is 32.1 Å². The number of carboxylic acids is 1. The molecule has 0 bridgehead atoms. The molecule has 8 nitrogen and oxygen atoms in total. The smallest absolute Gasteiger partial charge is 0.545 e. The number of furan rings is 1. The standard InChI is InChI=1S/C34H28O8S.Na/c1-20-16-25(32(36)31-21(2)22(3)41-30(31)17-23-10-6-4-7-11-23)18-28(24-12-8-5-9-13-24)33(20)42-43(39,40)26-14-15-27(34(37)38)29(35)19-26;/h4-16,18-19,35H,17H2,1-3H3,(H,37,38);/q;+1/p-1. The summed E-state index contributed by atoms with van der Waals surface area (Å²) in [6.45, 7) is 5.26. The second-order valence-corrected chi connectivity index (χ2v) is 11.7. The molecule has 0 aliphatic heterocycles. The summed E-state index contributed by atoms with van der Waals surface area (Å²) in [6.07, 6.45) is 0.421. The molecule has 0 spiro atoms. The number of benzene rings is 4. The van der Waals surface area contributed by atoms with Gasteiger partial charge in [0.05, 0.1) is 11.5 Å². The molecule has 10 heteroatoms. The molecular formula is C34H27NaO8S. The number of carbonyl (C=O) groups is 2. The Balaban J connectivity index is 0.00000442. The van der Waals surface area contributed by atoms with Gasteiger partial charge in [-0.05, 0) is 61.7 Å². The molecule has 0 aliphatic carbocycles. The van der Waals surface area contributed by atoms with Gasteiger partial charge in [-0.15, -0.1) is 0 Å². The molecule has 1 aromatic heterocycles. The fraction of sp³-hybridized carbons (Fsp3) is 0.118. The summed E-state index contributed by atoms with van der Waals surface area (Å²) in [7, 11) is -4.53. The molecule has 5 rings (SSSR count). The number of carbonyl (C=O) groups excluding carboxylic acids is 2. The van der Waals surface area contributed by atoms with Crippen molar-refractivity contribution in [2.24, 2.45) is 0 Å². The molecule has 1 heterocycles. The molecule has 0 radical (unpaired) electrons. The minimum atomic E-state index is -4.53. The van der Waals surface area contributed by atoms with Gasteiger partial charge in [-0.3, -0.25) is 4.79 Å². The number of carboxylic acid groups (broad SMARTS) is 1. The van der Waals surface area contributed by atoms with Gasteiger partial charge in [0, 0.05) is 34.7 Å². The Bertz CT molecular complexity index is 1960. The van der Waals surface area contributed by atoms with Crippen LogP contribution < -0.4 is 38.8 Å². The van der Waals surface area contributed by atoms with E-state index in [9.17, 15) is 28.2 Å². The van der Waals surface area contributed by atoms with E-state index in [4.69, 9.17) is 8.60 Å². The monoisotopic (exact) mass is 618 g/mol. The van der Waals surface area contributed by atoms with E-state index in [0.717, 1.165) is 29.3 Å². The molecule has 4 aromatic carbocycles. The number of rotatable bonds is 9. The average molecular weight is 619 g/mol.